The van der Waals surface area contributed by atoms with Crippen LogP contribution in [0.15, 0.2) is 35.9 Å². The number of alkyl halides is 1. The van der Waals surface area contributed by atoms with Crippen molar-refractivity contribution in [3.8, 4) is 0 Å². The van der Waals surface area contributed by atoms with Crippen molar-refractivity contribution in [1.29, 1.82) is 0 Å². The number of anilines is 1. The highest BCUT2D eigenvalue weighted by molar-refractivity contribution is 7.89. The van der Waals surface area contributed by atoms with Gasteiger partial charge in [0.05, 0.1) is 40.8 Å². The van der Waals surface area contributed by atoms with E-state index >= 15 is 0 Å². The zero-order chi connectivity index (χ0) is 37.7. The standard InChI is InChI=1S/C36H57FN6O6SSi/c1-11-33(44)40-23-28(16-27(40)19-37)43-32-18-29(50(46,47)41(36(7)12-13-36)24-48-14-15-51(8,9)10)17-31(30(32)20-38-43)39-21-25(2)42(26(3)22-39)34(45)49-35(4,5)6/h11,17-18,20,25-28H,1,12-16,19,21-24H2,2-10H3/t25-,26-,27-,28+/m0/s1. The quantitative estimate of drug-likeness (QED) is 0.112. The van der Waals surface area contributed by atoms with Gasteiger partial charge in [0.2, 0.25) is 15.9 Å². The number of carbonyl (C=O) groups is 2. The molecule has 2 saturated heterocycles. The molecule has 1 aliphatic carbocycles. The maximum Gasteiger partial charge on any atom is 0.410 e. The molecule has 2 aromatic rings. The molecule has 2 aliphatic heterocycles. The molecule has 0 spiro atoms. The van der Waals surface area contributed by atoms with Crippen molar-refractivity contribution in [3.63, 3.8) is 0 Å². The number of ether oxygens (including phenoxy) is 2. The lowest BCUT2D eigenvalue weighted by atomic mass is 10.1. The molecule has 3 aliphatic rings. The van der Waals surface area contributed by atoms with E-state index in [-0.39, 0.29) is 48.3 Å². The average Bonchev–Trinajstić information content (AvgIpc) is 3.40. The number of fused-ring (bicyclic) bond motifs is 1. The molecule has 0 bridgehead atoms. The van der Waals surface area contributed by atoms with E-state index in [1.807, 2.05) is 41.5 Å². The van der Waals surface area contributed by atoms with E-state index in [2.05, 4.69) is 31.1 Å². The lowest BCUT2D eigenvalue weighted by Crippen LogP contribution is -2.59. The van der Waals surface area contributed by atoms with Gasteiger partial charge in [0.25, 0.3) is 0 Å². The second-order valence-corrected chi connectivity index (χ2v) is 24.5. The van der Waals surface area contributed by atoms with Crippen molar-refractivity contribution in [2.45, 2.75) is 127 Å². The molecule has 1 saturated carbocycles. The predicted octanol–water partition coefficient (Wildman–Crippen LogP) is 6.02. The zero-order valence-electron chi connectivity index (χ0n) is 31.8. The molecule has 12 nitrogen and oxygen atoms in total. The fourth-order valence-corrected chi connectivity index (χ4v) is 9.71. The fraction of sp³-hybridized carbons (Fsp3) is 0.694. The summed E-state index contributed by atoms with van der Waals surface area (Å²) >= 11 is 0. The summed E-state index contributed by atoms with van der Waals surface area (Å²) < 4.78 is 58.7. The van der Waals surface area contributed by atoms with Gasteiger partial charge in [0.15, 0.2) is 0 Å². The number of hydrogen-bond donors (Lipinski definition) is 0. The summed E-state index contributed by atoms with van der Waals surface area (Å²) in [5, 5.41) is 5.48. The van der Waals surface area contributed by atoms with E-state index in [4.69, 9.17) is 14.6 Å². The minimum absolute atomic E-state index is 0.0436. The van der Waals surface area contributed by atoms with Crippen molar-refractivity contribution < 1.29 is 31.9 Å². The van der Waals surface area contributed by atoms with Crippen molar-refractivity contribution in [3.05, 3.63) is 31.0 Å². The summed E-state index contributed by atoms with van der Waals surface area (Å²) in [6.45, 7) is 22.6. The lowest BCUT2D eigenvalue weighted by Gasteiger charge is -2.45. The second kappa shape index (κ2) is 14.4. The monoisotopic (exact) mass is 748 g/mol. The van der Waals surface area contributed by atoms with Crippen LogP contribution in [0.25, 0.3) is 10.9 Å². The highest BCUT2D eigenvalue weighted by atomic mass is 32.2. The molecule has 3 heterocycles. The first-order valence-electron chi connectivity index (χ1n) is 18.1. The van der Waals surface area contributed by atoms with Gasteiger partial charge in [-0.05, 0) is 85.1 Å². The van der Waals surface area contributed by atoms with Crippen LogP contribution in [0, 0.1) is 0 Å². The smallest absolute Gasteiger partial charge is 0.410 e. The number of aromatic nitrogens is 2. The Kier molecular flexibility index (Phi) is 11.1. The lowest BCUT2D eigenvalue weighted by molar-refractivity contribution is -0.127. The highest BCUT2D eigenvalue weighted by Crippen LogP contribution is 2.45. The van der Waals surface area contributed by atoms with Crippen LogP contribution in [0.1, 0.15) is 66.8 Å². The largest absolute Gasteiger partial charge is 0.444 e. The summed E-state index contributed by atoms with van der Waals surface area (Å²) in [5.41, 5.74) is 0.0599. The molecule has 2 amide bonds. The SMILES string of the molecule is C=CC(=O)N1C[C@H](n2ncc3c(N4C[C@H](C)N(C(=O)OC(C)(C)C)[C@@H](C)C4)cc(S(=O)(=O)N(COCC[Si](C)(C)C)C4(C)CC4)cc32)C[C@H]1CF. The minimum atomic E-state index is -4.07. The Labute approximate surface area is 303 Å². The van der Waals surface area contributed by atoms with E-state index in [9.17, 15) is 22.4 Å². The topological polar surface area (TPSA) is 118 Å². The van der Waals surface area contributed by atoms with E-state index in [1.54, 1.807) is 27.9 Å². The molecule has 1 aromatic carbocycles. The van der Waals surface area contributed by atoms with Gasteiger partial charge in [0.1, 0.15) is 19.0 Å². The number of sulfonamides is 1. The van der Waals surface area contributed by atoms with E-state index < -0.39 is 42.0 Å². The Bertz CT molecular complexity index is 1720. The normalized spacial score (nSPS) is 24.0. The van der Waals surface area contributed by atoms with Crippen LogP contribution in [0.5, 0.6) is 0 Å². The van der Waals surface area contributed by atoms with Crippen molar-refractivity contribution in [1.82, 2.24) is 23.9 Å². The van der Waals surface area contributed by atoms with Gasteiger partial charge in [-0.1, -0.05) is 26.2 Å². The molecule has 0 unspecified atom stereocenters. The molecule has 3 fully saturated rings. The van der Waals surface area contributed by atoms with Gasteiger partial charge in [-0.15, -0.1) is 0 Å². The van der Waals surface area contributed by atoms with Crippen molar-refractivity contribution in [2.75, 3.05) is 44.5 Å². The van der Waals surface area contributed by atoms with E-state index in [0.717, 1.165) is 24.3 Å². The summed E-state index contributed by atoms with van der Waals surface area (Å²) in [7, 11) is -5.46. The van der Waals surface area contributed by atoms with E-state index in [0.29, 0.717) is 37.3 Å². The summed E-state index contributed by atoms with van der Waals surface area (Å²) in [6, 6.07) is 2.82. The van der Waals surface area contributed by atoms with Crippen LogP contribution in [-0.2, 0) is 24.3 Å². The van der Waals surface area contributed by atoms with Crippen molar-refractivity contribution in [2.24, 2.45) is 0 Å². The predicted molar refractivity (Wildman–Crippen MR) is 200 cm³/mol. The third-order valence-corrected chi connectivity index (χ3v) is 13.9. The Morgan fingerprint density at radius 1 is 1.14 bits per heavy atom. The number of amides is 2. The number of halogens is 1. The Hall–Kier alpha value is -3.01. The first kappa shape index (κ1) is 39.2. The van der Waals surface area contributed by atoms with Crippen LogP contribution in [-0.4, -0.2) is 121 Å². The van der Waals surface area contributed by atoms with Crippen LogP contribution in [0.4, 0.5) is 14.9 Å². The zero-order valence-corrected chi connectivity index (χ0v) is 33.6. The molecule has 1 aromatic heterocycles. The molecular weight excluding hydrogens is 692 g/mol. The molecule has 51 heavy (non-hydrogen) atoms. The number of carbonyl (C=O) groups excluding carboxylic acids is 2. The maximum absolute atomic E-state index is 14.7. The number of hydrogen-bond acceptors (Lipinski definition) is 8. The fourth-order valence-electron chi connectivity index (χ4n) is 7.20. The third kappa shape index (κ3) is 8.47. The van der Waals surface area contributed by atoms with Crippen LogP contribution in [0.3, 0.4) is 0 Å². The molecular formula is C36H57FN6O6SSi. The number of benzene rings is 1. The van der Waals surface area contributed by atoms with Gasteiger partial charge in [-0.3, -0.25) is 14.4 Å². The molecule has 15 heteroatoms. The second-order valence-electron chi connectivity index (χ2n) is 17.0. The Balaban J connectivity index is 1.57. The van der Waals surface area contributed by atoms with Gasteiger partial charge in [0, 0.05) is 50.9 Å². The average molecular weight is 749 g/mol. The third-order valence-electron chi connectivity index (χ3n) is 10.3. The Morgan fingerprint density at radius 3 is 2.33 bits per heavy atom. The summed E-state index contributed by atoms with van der Waals surface area (Å²) in [6.07, 6.45) is 4.32. The molecule has 5 rings (SSSR count). The van der Waals surface area contributed by atoms with Crippen LogP contribution >= 0.6 is 0 Å². The Morgan fingerprint density at radius 2 is 1.78 bits per heavy atom. The van der Waals surface area contributed by atoms with Gasteiger partial charge in [-0.2, -0.15) is 9.40 Å². The number of piperazine rings is 1. The van der Waals surface area contributed by atoms with Gasteiger partial charge < -0.3 is 19.3 Å². The molecule has 284 valence electrons. The minimum Gasteiger partial charge on any atom is -0.444 e. The number of nitrogens with zero attached hydrogens (tertiary/aromatic N) is 6. The first-order valence-corrected chi connectivity index (χ1v) is 23.2. The van der Waals surface area contributed by atoms with Gasteiger partial charge in [-0.25, -0.2) is 17.6 Å². The van der Waals surface area contributed by atoms with E-state index in [1.165, 1.54) is 15.3 Å². The molecule has 0 N–H and O–H groups in total. The molecule has 0 radical (unpaired) electrons. The highest BCUT2D eigenvalue weighted by Gasteiger charge is 2.50. The summed E-state index contributed by atoms with van der Waals surface area (Å²) in [4.78, 5) is 31.3. The number of rotatable bonds is 12. The van der Waals surface area contributed by atoms with Crippen LogP contribution in [0.2, 0.25) is 25.7 Å². The number of likely N-dealkylation sites (tertiary alicyclic amines) is 1. The van der Waals surface area contributed by atoms with Gasteiger partial charge >= 0.3 is 6.09 Å². The first-order chi connectivity index (χ1) is 23.7. The van der Waals surface area contributed by atoms with Crippen molar-refractivity contribution >= 4 is 46.7 Å². The molecule has 4 atom stereocenters. The van der Waals surface area contributed by atoms with Crippen LogP contribution < -0.4 is 4.90 Å². The summed E-state index contributed by atoms with van der Waals surface area (Å²) in [5.74, 6) is -0.353. The maximum atomic E-state index is 14.7.